The highest BCUT2D eigenvalue weighted by atomic mass is 16.4. The number of hydrogen-bond acceptors (Lipinski definition) is 6. The van der Waals surface area contributed by atoms with Crippen molar-refractivity contribution in [3.05, 3.63) is 71.8 Å². The second-order valence-corrected chi connectivity index (χ2v) is 9.22. The first kappa shape index (κ1) is 26.3. The summed E-state index contributed by atoms with van der Waals surface area (Å²) in [5.74, 6) is -4.12. The van der Waals surface area contributed by atoms with Crippen molar-refractivity contribution >= 4 is 17.9 Å². The first-order chi connectivity index (χ1) is 16.6. The second kappa shape index (κ2) is 11.0. The quantitative estimate of drug-likeness (QED) is 0.377. The summed E-state index contributed by atoms with van der Waals surface area (Å²) in [7, 11) is 0. The van der Waals surface area contributed by atoms with Crippen LogP contribution in [0.1, 0.15) is 36.8 Å². The summed E-state index contributed by atoms with van der Waals surface area (Å²) in [6.45, 7) is 3.40. The highest BCUT2D eigenvalue weighted by molar-refractivity contribution is 5.88. The largest absolute Gasteiger partial charge is 0.481 e. The second-order valence-electron chi connectivity index (χ2n) is 9.22. The Kier molecular flexibility index (Phi) is 8.26. The Bertz CT molecular complexity index is 963. The zero-order valence-electron chi connectivity index (χ0n) is 19.3. The molecule has 0 amide bonds. The number of carbonyl (C=O) groups is 3. The number of hydrogen-bond donors (Lipinski definition) is 5. The summed E-state index contributed by atoms with van der Waals surface area (Å²) in [6.07, 6.45) is 0.141. The molecule has 3 heterocycles. The molecule has 0 radical (unpaired) electrons. The standard InChI is InChI=1S/C20H23NO.C6H8O7/c22-20(17-7-3-1-4-8-17,18-9-5-2-6-10-18)19-15-21-13-11-16(19)12-14-21;7-3(8)1-6(13,5(11)12)2-4(9)10/h1-10,16,19,22H,11-15H2;13H,1-2H2,(H,7,8)(H,9,10)(H,11,12). The number of fused-ring (bicyclic) bond motifs is 3. The first-order valence-corrected chi connectivity index (χ1v) is 11.5. The lowest BCUT2D eigenvalue weighted by Gasteiger charge is -2.51. The summed E-state index contributed by atoms with van der Waals surface area (Å²) in [5.41, 5.74) is -1.57. The van der Waals surface area contributed by atoms with Gasteiger partial charge in [-0.2, -0.15) is 0 Å². The van der Waals surface area contributed by atoms with E-state index in [1.165, 1.54) is 25.9 Å². The van der Waals surface area contributed by atoms with E-state index in [-0.39, 0.29) is 5.92 Å². The van der Waals surface area contributed by atoms with Gasteiger partial charge in [-0.05, 0) is 43.0 Å². The van der Waals surface area contributed by atoms with Gasteiger partial charge in [0.15, 0.2) is 5.60 Å². The van der Waals surface area contributed by atoms with Gasteiger partial charge in [0.25, 0.3) is 0 Å². The maximum Gasteiger partial charge on any atom is 0.336 e. The van der Waals surface area contributed by atoms with Crippen LogP contribution in [-0.4, -0.2) is 73.6 Å². The van der Waals surface area contributed by atoms with E-state index in [2.05, 4.69) is 29.2 Å². The Labute approximate surface area is 203 Å². The number of benzene rings is 2. The molecule has 2 bridgehead atoms. The predicted octanol–water partition coefficient (Wildman–Crippen LogP) is 2.02. The van der Waals surface area contributed by atoms with Crippen molar-refractivity contribution in [1.82, 2.24) is 4.90 Å². The third-order valence-electron chi connectivity index (χ3n) is 6.91. The Balaban J connectivity index is 0.000000228. The molecule has 0 aromatic heterocycles. The maximum absolute atomic E-state index is 11.9. The van der Waals surface area contributed by atoms with Crippen LogP contribution in [0.4, 0.5) is 0 Å². The van der Waals surface area contributed by atoms with Crippen molar-refractivity contribution in [1.29, 1.82) is 0 Å². The molecule has 3 aliphatic heterocycles. The van der Waals surface area contributed by atoms with Gasteiger partial charge in [-0.1, -0.05) is 60.7 Å². The van der Waals surface area contributed by atoms with Crippen molar-refractivity contribution in [2.45, 2.75) is 36.9 Å². The van der Waals surface area contributed by atoms with E-state index in [4.69, 9.17) is 20.4 Å². The van der Waals surface area contributed by atoms with Gasteiger partial charge in [-0.3, -0.25) is 9.59 Å². The molecule has 188 valence electrons. The Morgan fingerprint density at radius 3 is 1.51 bits per heavy atom. The highest BCUT2D eigenvalue weighted by Crippen LogP contribution is 2.46. The topological polar surface area (TPSA) is 156 Å². The third kappa shape index (κ3) is 6.05. The van der Waals surface area contributed by atoms with Gasteiger partial charge >= 0.3 is 17.9 Å². The predicted molar refractivity (Wildman–Crippen MR) is 126 cm³/mol. The average Bonchev–Trinajstić information content (AvgIpc) is 2.84. The fraction of sp³-hybridized carbons (Fsp3) is 0.423. The number of piperidine rings is 3. The summed E-state index contributed by atoms with van der Waals surface area (Å²) in [4.78, 5) is 33.0. The number of rotatable bonds is 8. The van der Waals surface area contributed by atoms with Gasteiger partial charge in [-0.25, -0.2) is 4.79 Å². The van der Waals surface area contributed by atoms with Crippen molar-refractivity contribution in [2.24, 2.45) is 11.8 Å². The molecule has 9 heteroatoms. The van der Waals surface area contributed by atoms with Crippen molar-refractivity contribution in [3.63, 3.8) is 0 Å². The van der Waals surface area contributed by atoms with Crippen LogP contribution in [0.15, 0.2) is 60.7 Å². The Morgan fingerprint density at radius 1 is 0.771 bits per heavy atom. The lowest BCUT2D eigenvalue weighted by atomic mass is 9.65. The number of aliphatic carboxylic acids is 3. The molecular weight excluding hydrogens is 454 g/mol. The SMILES string of the molecule is O=C(O)CC(O)(CC(=O)O)C(=O)O.OC(c1ccccc1)(c1ccccc1)C1CN2CCC1CC2. The van der Waals surface area contributed by atoms with Crippen LogP contribution in [0.3, 0.4) is 0 Å². The van der Waals surface area contributed by atoms with Gasteiger partial charge < -0.3 is 30.4 Å². The minimum Gasteiger partial charge on any atom is -0.481 e. The first-order valence-electron chi connectivity index (χ1n) is 11.5. The van der Waals surface area contributed by atoms with E-state index in [9.17, 15) is 19.5 Å². The molecule has 35 heavy (non-hydrogen) atoms. The number of nitrogens with zero attached hydrogens (tertiary/aromatic N) is 1. The third-order valence-corrected chi connectivity index (χ3v) is 6.91. The molecule has 3 aliphatic rings. The summed E-state index contributed by atoms with van der Waals surface area (Å²) in [6, 6.07) is 20.5. The number of aliphatic hydroxyl groups is 2. The minimum atomic E-state index is -2.74. The van der Waals surface area contributed by atoms with Gasteiger partial charge in [0.2, 0.25) is 0 Å². The van der Waals surface area contributed by atoms with Crippen molar-refractivity contribution in [3.8, 4) is 0 Å². The van der Waals surface area contributed by atoms with Crippen LogP contribution >= 0.6 is 0 Å². The number of carboxylic acids is 3. The van der Waals surface area contributed by atoms with E-state index < -0.39 is 42.0 Å². The van der Waals surface area contributed by atoms with Crippen LogP contribution in [0, 0.1) is 11.8 Å². The number of carboxylic acid groups (broad SMARTS) is 3. The lowest BCUT2D eigenvalue weighted by molar-refractivity contribution is -0.170. The normalized spacial score (nSPS) is 21.5. The lowest BCUT2D eigenvalue weighted by Crippen LogP contribution is -2.55. The Hall–Kier alpha value is -3.27. The fourth-order valence-corrected chi connectivity index (χ4v) is 5.13. The average molecular weight is 486 g/mol. The summed E-state index contributed by atoms with van der Waals surface area (Å²) in [5, 5.41) is 45.7. The van der Waals surface area contributed by atoms with E-state index in [0.29, 0.717) is 5.92 Å². The molecule has 3 fully saturated rings. The minimum absolute atomic E-state index is 0.278. The van der Waals surface area contributed by atoms with Crippen LogP contribution < -0.4 is 0 Å². The fourth-order valence-electron chi connectivity index (χ4n) is 5.13. The van der Waals surface area contributed by atoms with Crippen LogP contribution in [-0.2, 0) is 20.0 Å². The van der Waals surface area contributed by atoms with Crippen LogP contribution in [0.2, 0.25) is 0 Å². The summed E-state index contributed by atoms with van der Waals surface area (Å²) >= 11 is 0. The zero-order valence-corrected chi connectivity index (χ0v) is 19.3. The Morgan fingerprint density at radius 2 is 1.20 bits per heavy atom. The molecular formula is C26H31NO8. The molecule has 9 nitrogen and oxygen atoms in total. The van der Waals surface area contributed by atoms with Crippen LogP contribution in [0.25, 0.3) is 0 Å². The summed E-state index contributed by atoms with van der Waals surface area (Å²) < 4.78 is 0. The molecule has 2 aromatic carbocycles. The molecule has 2 aromatic rings. The molecule has 3 saturated heterocycles. The molecule has 1 unspecified atom stereocenters. The highest BCUT2D eigenvalue weighted by Gasteiger charge is 2.48. The van der Waals surface area contributed by atoms with E-state index in [0.717, 1.165) is 17.7 Å². The van der Waals surface area contributed by atoms with E-state index >= 15 is 0 Å². The molecule has 0 saturated carbocycles. The van der Waals surface area contributed by atoms with Gasteiger partial charge in [0.1, 0.15) is 5.60 Å². The molecule has 0 spiro atoms. The zero-order chi connectivity index (χ0) is 25.6. The van der Waals surface area contributed by atoms with Gasteiger partial charge in [-0.15, -0.1) is 0 Å². The molecule has 0 aliphatic carbocycles. The molecule has 1 atom stereocenters. The van der Waals surface area contributed by atoms with Crippen LogP contribution in [0.5, 0.6) is 0 Å². The smallest absolute Gasteiger partial charge is 0.336 e. The molecule has 5 rings (SSSR count). The van der Waals surface area contributed by atoms with E-state index in [1.54, 1.807) is 0 Å². The van der Waals surface area contributed by atoms with Crippen molar-refractivity contribution < 1.29 is 39.9 Å². The van der Waals surface area contributed by atoms with Gasteiger partial charge in [0.05, 0.1) is 12.8 Å². The van der Waals surface area contributed by atoms with Gasteiger partial charge in [0, 0.05) is 12.5 Å². The molecule has 5 N–H and O–H groups in total. The van der Waals surface area contributed by atoms with Crippen molar-refractivity contribution in [2.75, 3.05) is 19.6 Å². The monoisotopic (exact) mass is 485 g/mol. The van der Waals surface area contributed by atoms with E-state index in [1.807, 2.05) is 36.4 Å². The maximum atomic E-state index is 11.9.